The maximum atomic E-state index is 8.59. The molecule has 1 aromatic heterocycles. The summed E-state index contributed by atoms with van der Waals surface area (Å²) in [6.45, 7) is 0.490. The Bertz CT molecular complexity index is 325. The Morgan fingerprint density at radius 3 is 2.81 bits per heavy atom. The van der Waals surface area contributed by atoms with E-state index in [1.54, 1.807) is 6.20 Å². The third kappa shape index (κ3) is 3.17. The molecule has 0 unspecified atom stereocenters. The number of hydrogen-bond donors (Lipinski definition) is 1. The number of aromatic nitrogens is 1. The fraction of sp³-hybridized carbons (Fsp3) is 0.545. The van der Waals surface area contributed by atoms with Crippen molar-refractivity contribution in [2.75, 3.05) is 13.2 Å². The smallest absolute Gasteiger partial charge is 0.213 e. The monoisotopic (exact) mass is 287 g/mol. The van der Waals surface area contributed by atoms with Crippen LogP contribution in [-0.4, -0.2) is 35.5 Å². The quantitative estimate of drug-likeness (QED) is 0.897. The zero-order chi connectivity index (χ0) is 11.4. The average molecular weight is 288 g/mol. The third-order valence-corrected chi connectivity index (χ3v) is 2.95. The zero-order valence-electron chi connectivity index (χ0n) is 8.80. The molecule has 0 saturated heterocycles. The van der Waals surface area contributed by atoms with Gasteiger partial charge in [-0.05, 0) is 22.0 Å². The number of rotatable bonds is 5. The Morgan fingerprint density at radius 2 is 2.19 bits per heavy atom. The summed E-state index contributed by atoms with van der Waals surface area (Å²) in [5.74, 6) is 0.647. The molecule has 1 aromatic rings. The SMILES string of the molecule is OCCOC1CC(Oc2ccc(Br)cn2)C1. The fourth-order valence-corrected chi connectivity index (χ4v) is 1.81. The van der Waals surface area contributed by atoms with Crippen molar-refractivity contribution in [3.63, 3.8) is 0 Å². The first-order valence-electron chi connectivity index (χ1n) is 5.28. The van der Waals surface area contributed by atoms with Crippen LogP contribution in [0.1, 0.15) is 12.8 Å². The predicted molar refractivity (Wildman–Crippen MR) is 62.4 cm³/mol. The molecule has 0 aliphatic heterocycles. The highest BCUT2D eigenvalue weighted by Gasteiger charge is 2.31. The summed E-state index contributed by atoms with van der Waals surface area (Å²) in [6, 6.07) is 3.74. The van der Waals surface area contributed by atoms with Crippen molar-refractivity contribution < 1.29 is 14.6 Å². The molecule has 4 nitrogen and oxygen atoms in total. The molecule has 2 rings (SSSR count). The molecule has 0 aromatic carbocycles. The molecule has 1 aliphatic rings. The van der Waals surface area contributed by atoms with Crippen LogP contribution in [-0.2, 0) is 4.74 Å². The van der Waals surface area contributed by atoms with E-state index in [1.165, 1.54) is 0 Å². The molecule has 0 bridgehead atoms. The molecular weight excluding hydrogens is 274 g/mol. The second kappa shape index (κ2) is 5.61. The first-order valence-corrected chi connectivity index (χ1v) is 6.08. The number of aliphatic hydroxyl groups excluding tert-OH is 1. The summed E-state index contributed by atoms with van der Waals surface area (Å²) < 4.78 is 11.9. The van der Waals surface area contributed by atoms with Gasteiger partial charge in [-0.25, -0.2) is 4.98 Å². The number of ether oxygens (including phenoxy) is 2. The van der Waals surface area contributed by atoms with Crippen LogP contribution in [0.3, 0.4) is 0 Å². The van der Waals surface area contributed by atoms with E-state index in [0.29, 0.717) is 12.5 Å². The lowest BCUT2D eigenvalue weighted by molar-refractivity contribution is -0.0699. The molecule has 88 valence electrons. The van der Waals surface area contributed by atoms with Crippen molar-refractivity contribution in [1.29, 1.82) is 0 Å². The van der Waals surface area contributed by atoms with Gasteiger partial charge in [-0.1, -0.05) is 0 Å². The van der Waals surface area contributed by atoms with Crippen LogP contribution in [0.4, 0.5) is 0 Å². The topological polar surface area (TPSA) is 51.6 Å². The lowest BCUT2D eigenvalue weighted by Crippen LogP contribution is -2.40. The lowest BCUT2D eigenvalue weighted by atomic mass is 9.92. The first kappa shape index (κ1) is 11.8. The highest BCUT2D eigenvalue weighted by molar-refractivity contribution is 9.10. The van der Waals surface area contributed by atoms with E-state index in [1.807, 2.05) is 12.1 Å². The number of aliphatic hydroxyl groups is 1. The Balaban J connectivity index is 1.71. The van der Waals surface area contributed by atoms with E-state index in [-0.39, 0.29) is 18.8 Å². The fourth-order valence-electron chi connectivity index (χ4n) is 1.57. The Labute approximate surface area is 103 Å². The van der Waals surface area contributed by atoms with Gasteiger partial charge in [0, 0.05) is 29.6 Å². The van der Waals surface area contributed by atoms with E-state index in [0.717, 1.165) is 17.3 Å². The second-order valence-corrected chi connectivity index (χ2v) is 4.66. The summed E-state index contributed by atoms with van der Waals surface area (Å²) in [6.07, 6.45) is 3.88. The van der Waals surface area contributed by atoms with Gasteiger partial charge in [-0.2, -0.15) is 0 Å². The molecule has 0 radical (unpaired) electrons. The maximum absolute atomic E-state index is 8.59. The molecule has 1 aliphatic carbocycles. The molecule has 0 atom stereocenters. The van der Waals surface area contributed by atoms with Crippen LogP contribution < -0.4 is 4.74 Å². The maximum Gasteiger partial charge on any atom is 0.213 e. The largest absolute Gasteiger partial charge is 0.474 e. The number of pyridine rings is 1. The van der Waals surface area contributed by atoms with Crippen LogP contribution in [0.15, 0.2) is 22.8 Å². The van der Waals surface area contributed by atoms with Gasteiger partial charge in [-0.15, -0.1) is 0 Å². The van der Waals surface area contributed by atoms with Crippen molar-refractivity contribution in [1.82, 2.24) is 4.98 Å². The number of nitrogens with zero attached hydrogens (tertiary/aromatic N) is 1. The molecule has 1 heterocycles. The van der Waals surface area contributed by atoms with Gasteiger partial charge in [0.2, 0.25) is 5.88 Å². The van der Waals surface area contributed by atoms with Crippen LogP contribution in [0, 0.1) is 0 Å². The summed E-state index contributed by atoms with van der Waals surface area (Å²) in [7, 11) is 0. The van der Waals surface area contributed by atoms with Crippen LogP contribution >= 0.6 is 15.9 Å². The molecule has 1 N–H and O–H groups in total. The normalized spacial score (nSPS) is 23.9. The lowest BCUT2D eigenvalue weighted by Gasteiger charge is -2.34. The van der Waals surface area contributed by atoms with Crippen molar-refractivity contribution in [2.24, 2.45) is 0 Å². The molecular formula is C11H14BrNO3. The standard InChI is InChI=1S/C11H14BrNO3/c12-8-1-2-11(13-7-8)16-10-5-9(6-10)15-4-3-14/h1-2,7,9-10,14H,3-6H2. The molecule has 0 amide bonds. The van der Waals surface area contributed by atoms with Crippen molar-refractivity contribution in [3.8, 4) is 5.88 Å². The third-order valence-electron chi connectivity index (χ3n) is 2.48. The highest BCUT2D eigenvalue weighted by atomic mass is 79.9. The Hall–Kier alpha value is -0.650. The number of hydrogen-bond acceptors (Lipinski definition) is 4. The summed E-state index contributed by atoms with van der Waals surface area (Å²) in [5, 5.41) is 8.59. The van der Waals surface area contributed by atoms with Gasteiger partial charge >= 0.3 is 0 Å². The highest BCUT2D eigenvalue weighted by Crippen LogP contribution is 2.27. The van der Waals surface area contributed by atoms with Gasteiger partial charge in [0.25, 0.3) is 0 Å². The minimum absolute atomic E-state index is 0.0797. The number of halogens is 1. The van der Waals surface area contributed by atoms with E-state index in [9.17, 15) is 0 Å². The minimum Gasteiger partial charge on any atom is -0.474 e. The first-order chi connectivity index (χ1) is 7.78. The van der Waals surface area contributed by atoms with Crippen LogP contribution in [0.5, 0.6) is 5.88 Å². The van der Waals surface area contributed by atoms with Crippen LogP contribution in [0.2, 0.25) is 0 Å². The summed E-state index contributed by atoms with van der Waals surface area (Å²) in [4.78, 5) is 4.14. The molecule has 0 spiro atoms. The van der Waals surface area contributed by atoms with E-state index in [4.69, 9.17) is 14.6 Å². The second-order valence-electron chi connectivity index (χ2n) is 3.74. The van der Waals surface area contributed by atoms with E-state index >= 15 is 0 Å². The van der Waals surface area contributed by atoms with Gasteiger partial charge < -0.3 is 14.6 Å². The average Bonchev–Trinajstić information content (AvgIpc) is 2.24. The summed E-state index contributed by atoms with van der Waals surface area (Å²) in [5.41, 5.74) is 0. The van der Waals surface area contributed by atoms with Crippen molar-refractivity contribution in [2.45, 2.75) is 25.0 Å². The predicted octanol–water partition coefficient (Wildman–Crippen LogP) is 1.76. The molecule has 1 fully saturated rings. The van der Waals surface area contributed by atoms with Gasteiger partial charge in [-0.3, -0.25) is 0 Å². The van der Waals surface area contributed by atoms with Gasteiger partial charge in [0.15, 0.2) is 0 Å². The molecule has 16 heavy (non-hydrogen) atoms. The van der Waals surface area contributed by atoms with E-state index in [2.05, 4.69) is 20.9 Å². The van der Waals surface area contributed by atoms with Crippen LogP contribution in [0.25, 0.3) is 0 Å². The Morgan fingerprint density at radius 1 is 1.38 bits per heavy atom. The van der Waals surface area contributed by atoms with E-state index < -0.39 is 0 Å². The Kier molecular flexibility index (Phi) is 4.15. The minimum atomic E-state index is 0.0797. The van der Waals surface area contributed by atoms with Crippen molar-refractivity contribution in [3.05, 3.63) is 22.8 Å². The molecule has 5 heteroatoms. The zero-order valence-corrected chi connectivity index (χ0v) is 10.4. The van der Waals surface area contributed by atoms with Gasteiger partial charge in [0.1, 0.15) is 6.10 Å². The van der Waals surface area contributed by atoms with Gasteiger partial charge in [0.05, 0.1) is 19.3 Å². The summed E-state index contributed by atoms with van der Waals surface area (Å²) >= 11 is 3.32. The van der Waals surface area contributed by atoms with Crippen molar-refractivity contribution >= 4 is 15.9 Å². The molecule has 1 saturated carbocycles.